The number of aromatic nitrogens is 4. The van der Waals surface area contributed by atoms with Crippen molar-refractivity contribution in [1.82, 2.24) is 19.6 Å². The van der Waals surface area contributed by atoms with Gasteiger partial charge in [-0.05, 0) is 19.1 Å². The molecule has 0 spiro atoms. The number of halogens is 1. The lowest BCUT2D eigenvalue weighted by Crippen LogP contribution is -1.93. The van der Waals surface area contributed by atoms with Crippen LogP contribution in [0.5, 0.6) is 0 Å². The van der Waals surface area contributed by atoms with E-state index in [-0.39, 0.29) is 5.82 Å². The molecule has 0 unspecified atom stereocenters. The molecule has 0 bridgehead atoms. The molecule has 0 aliphatic heterocycles. The molecule has 4 nitrogen and oxygen atoms in total. The zero-order chi connectivity index (χ0) is 11.8. The first-order chi connectivity index (χ1) is 8.24. The Hall–Kier alpha value is -2.30. The van der Waals surface area contributed by atoms with Gasteiger partial charge in [-0.2, -0.15) is 0 Å². The van der Waals surface area contributed by atoms with E-state index in [0.717, 1.165) is 5.69 Å². The minimum absolute atomic E-state index is 0.295. The molecule has 1 aromatic carbocycles. The van der Waals surface area contributed by atoms with E-state index in [9.17, 15) is 4.39 Å². The normalized spacial score (nSPS) is 10.9. The average Bonchev–Trinajstić information content (AvgIpc) is 2.74. The van der Waals surface area contributed by atoms with E-state index in [1.807, 2.05) is 6.92 Å². The van der Waals surface area contributed by atoms with Crippen LogP contribution in [0.15, 0.2) is 36.7 Å². The molecule has 0 saturated heterocycles. The fourth-order valence-electron chi connectivity index (χ4n) is 1.68. The molecule has 0 aliphatic carbocycles. The second-order valence-corrected chi connectivity index (χ2v) is 3.76. The van der Waals surface area contributed by atoms with Crippen LogP contribution in [0.3, 0.4) is 0 Å². The Labute approximate surface area is 96.8 Å². The van der Waals surface area contributed by atoms with Gasteiger partial charge in [0.25, 0.3) is 0 Å². The number of hydrogen-bond acceptors (Lipinski definition) is 3. The lowest BCUT2D eigenvalue weighted by atomic mass is 10.2. The molecule has 5 heteroatoms. The topological polar surface area (TPSA) is 43.1 Å². The summed E-state index contributed by atoms with van der Waals surface area (Å²) in [6.45, 7) is 1.89. The van der Waals surface area contributed by atoms with Crippen LogP contribution < -0.4 is 0 Å². The molecule has 0 fully saturated rings. The van der Waals surface area contributed by atoms with Crippen LogP contribution in [0.25, 0.3) is 17.0 Å². The van der Waals surface area contributed by atoms with Gasteiger partial charge in [0.05, 0.1) is 11.9 Å². The highest BCUT2D eigenvalue weighted by atomic mass is 19.1. The van der Waals surface area contributed by atoms with Crippen molar-refractivity contribution < 1.29 is 4.39 Å². The lowest BCUT2D eigenvalue weighted by molar-refractivity contribution is 0.628. The summed E-state index contributed by atoms with van der Waals surface area (Å²) in [7, 11) is 0. The molecular formula is C12H9FN4. The molecule has 0 amide bonds. The summed E-state index contributed by atoms with van der Waals surface area (Å²) in [6, 6.07) is 6.23. The van der Waals surface area contributed by atoms with Gasteiger partial charge in [0.1, 0.15) is 5.82 Å². The maximum atomic E-state index is 13.1. The second kappa shape index (κ2) is 3.62. The molecular weight excluding hydrogens is 219 g/mol. The highest BCUT2D eigenvalue weighted by molar-refractivity contribution is 5.57. The molecule has 0 radical (unpaired) electrons. The fraction of sp³-hybridized carbons (Fsp3) is 0.0833. The van der Waals surface area contributed by atoms with Crippen molar-refractivity contribution in [3.63, 3.8) is 0 Å². The maximum absolute atomic E-state index is 13.1. The van der Waals surface area contributed by atoms with Gasteiger partial charge in [0.2, 0.25) is 0 Å². The molecule has 0 aliphatic rings. The summed E-state index contributed by atoms with van der Waals surface area (Å²) in [5, 5.41) is 4.32. The first kappa shape index (κ1) is 9.89. The van der Waals surface area contributed by atoms with E-state index < -0.39 is 0 Å². The SMILES string of the molecule is Cc1cncc2nc(-c3cccc(F)c3)nn12. The summed E-state index contributed by atoms with van der Waals surface area (Å²) in [5.41, 5.74) is 2.20. The van der Waals surface area contributed by atoms with Gasteiger partial charge in [0.15, 0.2) is 11.5 Å². The standard InChI is InChI=1S/C12H9FN4/c1-8-6-14-7-11-15-12(16-17(8)11)9-3-2-4-10(13)5-9/h2-7H,1H3. The smallest absolute Gasteiger partial charge is 0.182 e. The first-order valence-electron chi connectivity index (χ1n) is 5.17. The zero-order valence-corrected chi connectivity index (χ0v) is 9.13. The van der Waals surface area contributed by atoms with E-state index in [2.05, 4.69) is 15.1 Å². The summed E-state index contributed by atoms with van der Waals surface area (Å²) in [5.74, 6) is 0.205. The van der Waals surface area contributed by atoms with Gasteiger partial charge in [-0.15, -0.1) is 5.10 Å². The number of hydrogen-bond donors (Lipinski definition) is 0. The molecule has 0 N–H and O–H groups in total. The van der Waals surface area contributed by atoms with E-state index in [0.29, 0.717) is 17.0 Å². The Kier molecular flexibility index (Phi) is 2.11. The quantitative estimate of drug-likeness (QED) is 0.641. The van der Waals surface area contributed by atoms with Gasteiger partial charge in [-0.1, -0.05) is 12.1 Å². The maximum Gasteiger partial charge on any atom is 0.182 e. The van der Waals surface area contributed by atoms with Crippen LogP contribution >= 0.6 is 0 Å². The van der Waals surface area contributed by atoms with Gasteiger partial charge in [-0.25, -0.2) is 13.9 Å². The Morgan fingerprint density at radius 2 is 2.12 bits per heavy atom. The van der Waals surface area contributed by atoms with Crippen molar-refractivity contribution in [2.75, 3.05) is 0 Å². The third-order valence-corrected chi connectivity index (χ3v) is 2.50. The molecule has 84 valence electrons. The number of rotatable bonds is 1. The fourth-order valence-corrected chi connectivity index (χ4v) is 1.68. The minimum atomic E-state index is -0.295. The molecule has 2 heterocycles. The Balaban J connectivity index is 2.22. The van der Waals surface area contributed by atoms with Crippen molar-refractivity contribution in [2.45, 2.75) is 6.92 Å². The van der Waals surface area contributed by atoms with Crippen LogP contribution in [0.1, 0.15) is 5.69 Å². The Bertz CT molecular complexity index is 690. The average molecular weight is 228 g/mol. The van der Waals surface area contributed by atoms with E-state index in [4.69, 9.17) is 0 Å². The van der Waals surface area contributed by atoms with Gasteiger partial charge >= 0.3 is 0 Å². The number of nitrogens with zero attached hydrogens (tertiary/aromatic N) is 4. The van der Waals surface area contributed by atoms with Gasteiger partial charge < -0.3 is 0 Å². The molecule has 0 saturated carbocycles. The summed E-state index contributed by atoms with van der Waals surface area (Å²) >= 11 is 0. The molecule has 17 heavy (non-hydrogen) atoms. The third kappa shape index (κ3) is 1.65. The summed E-state index contributed by atoms with van der Waals surface area (Å²) in [6.07, 6.45) is 3.33. The van der Waals surface area contributed by atoms with E-state index >= 15 is 0 Å². The molecule has 0 atom stereocenters. The Morgan fingerprint density at radius 3 is 2.88 bits per heavy atom. The predicted octanol–water partition coefficient (Wildman–Crippen LogP) is 2.24. The largest absolute Gasteiger partial charge is 0.259 e. The van der Waals surface area contributed by atoms with Gasteiger partial charge in [-0.3, -0.25) is 4.98 Å². The van der Waals surface area contributed by atoms with Crippen LogP contribution in [0, 0.1) is 12.7 Å². The van der Waals surface area contributed by atoms with Crippen LogP contribution in [0.4, 0.5) is 4.39 Å². The zero-order valence-electron chi connectivity index (χ0n) is 9.13. The number of benzene rings is 1. The van der Waals surface area contributed by atoms with E-state index in [1.54, 1.807) is 29.0 Å². The van der Waals surface area contributed by atoms with Crippen LogP contribution in [-0.2, 0) is 0 Å². The first-order valence-corrected chi connectivity index (χ1v) is 5.17. The number of fused-ring (bicyclic) bond motifs is 1. The predicted molar refractivity (Wildman–Crippen MR) is 60.9 cm³/mol. The summed E-state index contributed by atoms with van der Waals surface area (Å²) < 4.78 is 14.8. The molecule has 3 aromatic rings. The van der Waals surface area contributed by atoms with Crippen LogP contribution in [0.2, 0.25) is 0 Å². The van der Waals surface area contributed by atoms with Crippen molar-refractivity contribution in [3.05, 3.63) is 48.2 Å². The third-order valence-electron chi connectivity index (χ3n) is 2.50. The molecule has 2 aromatic heterocycles. The lowest BCUT2D eigenvalue weighted by Gasteiger charge is -1.94. The van der Waals surface area contributed by atoms with E-state index in [1.165, 1.54) is 12.1 Å². The second-order valence-electron chi connectivity index (χ2n) is 3.76. The van der Waals surface area contributed by atoms with Crippen molar-refractivity contribution in [1.29, 1.82) is 0 Å². The Morgan fingerprint density at radius 1 is 1.24 bits per heavy atom. The number of aryl methyl sites for hydroxylation is 1. The van der Waals surface area contributed by atoms with Crippen molar-refractivity contribution in [3.8, 4) is 11.4 Å². The molecule has 3 rings (SSSR count). The monoisotopic (exact) mass is 228 g/mol. The highest BCUT2D eigenvalue weighted by Crippen LogP contribution is 2.17. The highest BCUT2D eigenvalue weighted by Gasteiger charge is 2.08. The van der Waals surface area contributed by atoms with Crippen LogP contribution in [-0.4, -0.2) is 19.6 Å². The summed E-state index contributed by atoms with van der Waals surface area (Å²) in [4.78, 5) is 8.35. The van der Waals surface area contributed by atoms with Gasteiger partial charge in [0, 0.05) is 11.8 Å². The van der Waals surface area contributed by atoms with Crippen molar-refractivity contribution >= 4 is 5.65 Å². The minimum Gasteiger partial charge on any atom is -0.259 e. The van der Waals surface area contributed by atoms with Crippen molar-refractivity contribution in [2.24, 2.45) is 0 Å².